The molecule has 0 bridgehead atoms. The van der Waals surface area contributed by atoms with Crippen LogP contribution in [0.3, 0.4) is 0 Å². The number of hydrogen-bond donors (Lipinski definition) is 1. The van der Waals surface area contributed by atoms with Gasteiger partial charge in [-0.15, -0.1) is 0 Å². The monoisotopic (exact) mass is 244 g/mol. The molecule has 1 saturated heterocycles. The largest absolute Gasteiger partial charge is 0.451 e. The van der Waals surface area contributed by atoms with E-state index in [2.05, 4.69) is 0 Å². The first kappa shape index (κ1) is 11.3. The SMILES string of the molecule is Cc1c(C(=O)N2CC[C@@H](N)C2)oc2ccccc12. The fourth-order valence-corrected chi connectivity index (χ4v) is 2.49. The zero-order valence-electron chi connectivity index (χ0n) is 10.3. The van der Waals surface area contributed by atoms with E-state index in [0.717, 1.165) is 29.5 Å². The predicted molar refractivity (Wildman–Crippen MR) is 69.4 cm³/mol. The Morgan fingerprint density at radius 3 is 2.89 bits per heavy atom. The lowest BCUT2D eigenvalue weighted by molar-refractivity contribution is 0.0760. The smallest absolute Gasteiger partial charge is 0.289 e. The van der Waals surface area contributed by atoms with Gasteiger partial charge < -0.3 is 15.1 Å². The molecule has 1 fully saturated rings. The van der Waals surface area contributed by atoms with Crippen molar-refractivity contribution in [3.63, 3.8) is 0 Å². The molecule has 1 aliphatic heterocycles. The molecule has 2 heterocycles. The molecular formula is C14H16N2O2. The molecule has 18 heavy (non-hydrogen) atoms. The Labute approximate surface area is 105 Å². The van der Waals surface area contributed by atoms with Crippen LogP contribution in [0.2, 0.25) is 0 Å². The van der Waals surface area contributed by atoms with E-state index in [-0.39, 0.29) is 11.9 Å². The van der Waals surface area contributed by atoms with Crippen LogP contribution in [0.4, 0.5) is 0 Å². The van der Waals surface area contributed by atoms with Gasteiger partial charge in [-0.1, -0.05) is 18.2 Å². The van der Waals surface area contributed by atoms with E-state index in [1.807, 2.05) is 31.2 Å². The molecule has 0 saturated carbocycles. The van der Waals surface area contributed by atoms with Crippen LogP contribution < -0.4 is 5.73 Å². The molecule has 2 N–H and O–H groups in total. The van der Waals surface area contributed by atoms with Crippen LogP contribution >= 0.6 is 0 Å². The first-order valence-electron chi connectivity index (χ1n) is 6.20. The van der Waals surface area contributed by atoms with Gasteiger partial charge in [-0.25, -0.2) is 0 Å². The lowest BCUT2D eigenvalue weighted by Gasteiger charge is -2.14. The highest BCUT2D eigenvalue weighted by molar-refractivity contribution is 5.99. The highest BCUT2D eigenvalue weighted by atomic mass is 16.3. The summed E-state index contributed by atoms with van der Waals surface area (Å²) in [6, 6.07) is 7.81. The molecule has 1 amide bonds. The lowest BCUT2D eigenvalue weighted by atomic mass is 10.1. The van der Waals surface area contributed by atoms with Crippen molar-refractivity contribution in [3.05, 3.63) is 35.6 Å². The van der Waals surface area contributed by atoms with Crippen LogP contribution in [0.5, 0.6) is 0 Å². The molecule has 0 radical (unpaired) electrons. The van der Waals surface area contributed by atoms with Gasteiger partial charge in [-0.2, -0.15) is 0 Å². The minimum atomic E-state index is -0.0448. The van der Waals surface area contributed by atoms with E-state index < -0.39 is 0 Å². The molecule has 1 aliphatic rings. The topological polar surface area (TPSA) is 59.5 Å². The summed E-state index contributed by atoms with van der Waals surface area (Å²) in [5.74, 6) is 0.405. The summed E-state index contributed by atoms with van der Waals surface area (Å²) in [7, 11) is 0. The van der Waals surface area contributed by atoms with Gasteiger partial charge in [-0.3, -0.25) is 4.79 Å². The number of nitrogens with zero attached hydrogens (tertiary/aromatic N) is 1. The number of furan rings is 1. The molecule has 1 atom stereocenters. The van der Waals surface area contributed by atoms with Crippen molar-refractivity contribution in [2.75, 3.05) is 13.1 Å². The fourth-order valence-electron chi connectivity index (χ4n) is 2.49. The normalized spacial score (nSPS) is 19.7. The van der Waals surface area contributed by atoms with Crippen molar-refractivity contribution < 1.29 is 9.21 Å². The Bertz CT molecular complexity index is 603. The third-order valence-electron chi connectivity index (χ3n) is 3.55. The van der Waals surface area contributed by atoms with Gasteiger partial charge in [0.25, 0.3) is 5.91 Å². The first-order valence-corrected chi connectivity index (χ1v) is 6.20. The molecule has 1 aromatic heterocycles. The number of carbonyl (C=O) groups excluding carboxylic acids is 1. The molecule has 3 rings (SSSR count). The molecular weight excluding hydrogens is 228 g/mol. The molecule has 4 nitrogen and oxygen atoms in total. The second-order valence-electron chi connectivity index (χ2n) is 4.85. The minimum Gasteiger partial charge on any atom is -0.451 e. The van der Waals surface area contributed by atoms with E-state index in [9.17, 15) is 4.79 Å². The number of fused-ring (bicyclic) bond motifs is 1. The van der Waals surface area contributed by atoms with Crippen molar-refractivity contribution >= 4 is 16.9 Å². The molecule has 1 aromatic carbocycles. The predicted octanol–water partition coefficient (Wildman–Crippen LogP) is 1.91. The van der Waals surface area contributed by atoms with Gasteiger partial charge in [0.15, 0.2) is 5.76 Å². The van der Waals surface area contributed by atoms with E-state index in [1.54, 1.807) is 4.90 Å². The number of rotatable bonds is 1. The summed E-state index contributed by atoms with van der Waals surface area (Å²) < 4.78 is 5.68. The van der Waals surface area contributed by atoms with E-state index in [1.165, 1.54) is 0 Å². The number of benzene rings is 1. The standard InChI is InChI=1S/C14H16N2O2/c1-9-11-4-2-3-5-12(11)18-13(9)14(17)16-7-6-10(15)8-16/h2-5,10H,6-8,15H2,1H3/t10-/m1/s1. The Hall–Kier alpha value is -1.81. The third kappa shape index (κ3) is 1.69. The summed E-state index contributed by atoms with van der Waals surface area (Å²) in [5, 5.41) is 1.00. The van der Waals surface area contributed by atoms with Gasteiger partial charge >= 0.3 is 0 Å². The van der Waals surface area contributed by atoms with Crippen molar-refractivity contribution in [2.24, 2.45) is 5.73 Å². The number of para-hydroxylation sites is 1. The number of amides is 1. The first-order chi connectivity index (χ1) is 8.66. The molecule has 2 aromatic rings. The lowest BCUT2D eigenvalue weighted by Crippen LogP contribution is -2.31. The number of carbonyl (C=O) groups is 1. The highest BCUT2D eigenvalue weighted by Crippen LogP contribution is 2.26. The summed E-state index contributed by atoms with van der Waals surface area (Å²) in [6.07, 6.45) is 0.866. The van der Waals surface area contributed by atoms with Crippen LogP contribution in [0.25, 0.3) is 11.0 Å². The summed E-state index contributed by atoms with van der Waals surface area (Å²) in [4.78, 5) is 14.1. The molecule has 4 heteroatoms. The van der Waals surface area contributed by atoms with Crippen LogP contribution in [0.1, 0.15) is 22.5 Å². The second kappa shape index (κ2) is 4.14. The van der Waals surface area contributed by atoms with Gasteiger partial charge in [0.2, 0.25) is 0 Å². The Kier molecular flexibility index (Phi) is 2.59. The average Bonchev–Trinajstić information content (AvgIpc) is 2.94. The number of hydrogen-bond acceptors (Lipinski definition) is 3. The Balaban J connectivity index is 1.99. The average molecular weight is 244 g/mol. The summed E-state index contributed by atoms with van der Waals surface area (Å²) in [5.41, 5.74) is 7.51. The maximum atomic E-state index is 12.4. The van der Waals surface area contributed by atoms with Gasteiger partial charge in [0.1, 0.15) is 5.58 Å². The van der Waals surface area contributed by atoms with Crippen LogP contribution in [0, 0.1) is 6.92 Å². The summed E-state index contributed by atoms with van der Waals surface area (Å²) >= 11 is 0. The van der Waals surface area contributed by atoms with E-state index in [0.29, 0.717) is 12.3 Å². The fraction of sp³-hybridized carbons (Fsp3) is 0.357. The number of aryl methyl sites for hydroxylation is 1. The van der Waals surface area contributed by atoms with Gasteiger partial charge in [0, 0.05) is 30.1 Å². The van der Waals surface area contributed by atoms with Crippen molar-refractivity contribution in [2.45, 2.75) is 19.4 Å². The number of likely N-dealkylation sites (tertiary alicyclic amines) is 1. The quantitative estimate of drug-likeness (QED) is 0.833. The minimum absolute atomic E-state index is 0.0448. The van der Waals surface area contributed by atoms with Crippen molar-refractivity contribution in [1.29, 1.82) is 0 Å². The molecule has 0 aliphatic carbocycles. The zero-order chi connectivity index (χ0) is 12.7. The van der Waals surface area contributed by atoms with E-state index >= 15 is 0 Å². The van der Waals surface area contributed by atoms with Crippen molar-refractivity contribution in [1.82, 2.24) is 4.90 Å². The van der Waals surface area contributed by atoms with Crippen LogP contribution in [-0.2, 0) is 0 Å². The maximum absolute atomic E-state index is 12.4. The van der Waals surface area contributed by atoms with Gasteiger partial charge in [0.05, 0.1) is 0 Å². The molecule has 94 valence electrons. The van der Waals surface area contributed by atoms with Crippen LogP contribution in [-0.4, -0.2) is 29.9 Å². The highest BCUT2D eigenvalue weighted by Gasteiger charge is 2.28. The Morgan fingerprint density at radius 2 is 2.22 bits per heavy atom. The zero-order valence-corrected chi connectivity index (χ0v) is 10.3. The second-order valence-corrected chi connectivity index (χ2v) is 4.85. The Morgan fingerprint density at radius 1 is 1.44 bits per heavy atom. The summed E-state index contributed by atoms with van der Waals surface area (Å²) in [6.45, 7) is 3.26. The van der Waals surface area contributed by atoms with Gasteiger partial charge in [-0.05, 0) is 19.4 Å². The maximum Gasteiger partial charge on any atom is 0.289 e. The molecule has 0 unspecified atom stereocenters. The molecule has 0 spiro atoms. The van der Waals surface area contributed by atoms with Crippen LogP contribution in [0.15, 0.2) is 28.7 Å². The van der Waals surface area contributed by atoms with Crippen molar-refractivity contribution in [3.8, 4) is 0 Å². The third-order valence-corrected chi connectivity index (χ3v) is 3.55. The number of nitrogens with two attached hydrogens (primary N) is 1. The van der Waals surface area contributed by atoms with E-state index in [4.69, 9.17) is 10.2 Å².